The number of carbonyl (C=O) groups is 2. The van der Waals surface area contributed by atoms with Gasteiger partial charge in [0.05, 0.1) is 42.9 Å². The first-order valence-electron chi connectivity index (χ1n) is 11.7. The van der Waals surface area contributed by atoms with Gasteiger partial charge in [-0.25, -0.2) is 0 Å². The SMILES string of the molecule is COc1cc2c(cc1OC)C(=O)NC(N1CCCN(C(=O)c3cc(C)ccc3N/N=C\C=N)CC1)N2. The summed E-state index contributed by atoms with van der Waals surface area (Å²) in [6.45, 7) is 4.31. The molecule has 0 aromatic heterocycles. The van der Waals surface area contributed by atoms with Crippen LogP contribution in [0.1, 0.15) is 32.7 Å². The highest BCUT2D eigenvalue weighted by atomic mass is 16.5. The standard InChI is InChI=1S/C25H31N7O4/c1-16-5-6-19(30-27-8-7-26)18(13-16)24(34)31-9-4-10-32(12-11-31)25-28-20-15-22(36-3)21(35-2)14-17(20)23(33)29-25/h5-8,13-15,25-26,28,30H,4,9-12H2,1-3H3,(H,29,33)/b26-7?,27-8-. The third-order valence-corrected chi connectivity index (χ3v) is 6.25. The minimum atomic E-state index is -0.412. The third-order valence-electron chi connectivity index (χ3n) is 6.25. The van der Waals surface area contributed by atoms with Crippen molar-refractivity contribution >= 4 is 35.6 Å². The monoisotopic (exact) mass is 493 g/mol. The van der Waals surface area contributed by atoms with Crippen LogP contribution in [0.3, 0.4) is 0 Å². The van der Waals surface area contributed by atoms with E-state index in [1.165, 1.54) is 13.3 Å². The van der Waals surface area contributed by atoms with Gasteiger partial charge < -0.3 is 30.4 Å². The molecule has 2 aromatic rings. The summed E-state index contributed by atoms with van der Waals surface area (Å²) < 4.78 is 10.7. The van der Waals surface area contributed by atoms with Crippen LogP contribution in [0.25, 0.3) is 0 Å². The lowest BCUT2D eigenvalue weighted by atomic mass is 10.1. The van der Waals surface area contributed by atoms with Crippen LogP contribution < -0.4 is 25.5 Å². The molecule has 0 saturated carbocycles. The molecule has 2 aromatic carbocycles. The summed E-state index contributed by atoms with van der Waals surface area (Å²) in [6, 6.07) is 8.99. The molecular weight excluding hydrogens is 462 g/mol. The Balaban J connectivity index is 1.47. The van der Waals surface area contributed by atoms with E-state index in [1.54, 1.807) is 19.2 Å². The molecule has 4 N–H and O–H groups in total. The van der Waals surface area contributed by atoms with E-state index in [0.29, 0.717) is 60.2 Å². The predicted molar refractivity (Wildman–Crippen MR) is 139 cm³/mol. The number of nitrogens with zero attached hydrogens (tertiary/aromatic N) is 3. The van der Waals surface area contributed by atoms with Crippen LogP contribution in [0.4, 0.5) is 11.4 Å². The summed E-state index contributed by atoms with van der Waals surface area (Å²) in [7, 11) is 3.09. The molecule has 0 spiro atoms. The largest absolute Gasteiger partial charge is 0.493 e. The highest BCUT2D eigenvalue weighted by molar-refractivity contribution is 6.14. The van der Waals surface area contributed by atoms with Crippen molar-refractivity contribution in [3.8, 4) is 11.5 Å². The number of methoxy groups -OCH3 is 2. The van der Waals surface area contributed by atoms with Crippen LogP contribution in [-0.4, -0.2) is 80.7 Å². The molecule has 4 rings (SSSR count). The Morgan fingerprint density at radius 3 is 2.64 bits per heavy atom. The molecule has 36 heavy (non-hydrogen) atoms. The molecule has 2 aliphatic heterocycles. The van der Waals surface area contributed by atoms with E-state index in [9.17, 15) is 9.59 Å². The number of aryl methyl sites for hydroxylation is 1. The molecule has 1 unspecified atom stereocenters. The highest BCUT2D eigenvalue weighted by Gasteiger charge is 2.31. The first-order chi connectivity index (χ1) is 17.4. The number of nitrogens with one attached hydrogen (secondary N) is 4. The maximum absolute atomic E-state index is 13.4. The molecule has 11 heteroatoms. The van der Waals surface area contributed by atoms with Crippen molar-refractivity contribution < 1.29 is 19.1 Å². The normalized spacial score (nSPS) is 18.0. The zero-order chi connectivity index (χ0) is 25.7. The summed E-state index contributed by atoms with van der Waals surface area (Å²) in [5.41, 5.74) is 6.10. The number of hydrazone groups is 1. The van der Waals surface area contributed by atoms with Crippen LogP contribution in [0.15, 0.2) is 35.4 Å². The zero-order valence-electron chi connectivity index (χ0n) is 20.6. The summed E-state index contributed by atoms with van der Waals surface area (Å²) >= 11 is 0. The van der Waals surface area contributed by atoms with E-state index in [1.807, 2.05) is 30.0 Å². The molecule has 1 atom stereocenters. The van der Waals surface area contributed by atoms with E-state index in [0.717, 1.165) is 18.2 Å². The van der Waals surface area contributed by atoms with Crippen LogP contribution in [0, 0.1) is 12.3 Å². The average molecular weight is 494 g/mol. The first kappa shape index (κ1) is 25.0. The Hall–Kier alpha value is -4.12. The first-order valence-corrected chi connectivity index (χ1v) is 11.7. The van der Waals surface area contributed by atoms with Crippen molar-refractivity contribution in [1.29, 1.82) is 5.41 Å². The lowest BCUT2D eigenvalue weighted by molar-refractivity contribution is 0.0748. The summed E-state index contributed by atoms with van der Waals surface area (Å²) in [4.78, 5) is 30.2. The lowest BCUT2D eigenvalue weighted by Gasteiger charge is -2.36. The number of hydrogen-bond acceptors (Lipinski definition) is 9. The maximum Gasteiger partial charge on any atom is 0.256 e. The van der Waals surface area contributed by atoms with E-state index in [2.05, 4.69) is 26.1 Å². The second-order valence-electron chi connectivity index (χ2n) is 8.56. The Kier molecular flexibility index (Phi) is 7.69. The number of carbonyl (C=O) groups excluding carboxylic acids is 2. The van der Waals surface area contributed by atoms with Crippen LogP contribution in [0.5, 0.6) is 11.5 Å². The Morgan fingerprint density at radius 1 is 1.11 bits per heavy atom. The fourth-order valence-electron chi connectivity index (χ4n) is 4.40. The number of hydrogen-bond donors (Lipinski definition) is 4. The van der Waals surface area contributed by atoms with Gasteiger partial charge in [0.25, 0.3) is 11.8 Å². The van der Waals surface area contributed by atoms with Crippen molar-refractivity contribution in [1.82, 2.24) is 15.1 Å². The fourth-order valence-corrected chi connectivity index (χ4v) is 4.40. The van der Waals surface area contributed by atoms with Crippen molar-refractivity contribution in [3.05, 3.63) is 47.0 Å². The van der Waals surface area contributed by atoms with Gasteiger partial charge in [0.1, 0.15) is 0 Å². The van der Waals surface area contributed by atoms with Crippen molar-refractivity contribution in [2.24, 2.45) is 5.10 Å². The smallest absolute Gasteiger partial charge is 0.256 e. The highest BCUT2D eigenvalue weighted by Crippen LogP contribution is 2.35. The minimum absolute atomic E-state index is 0.0871. The van der Waals surface area contributed by atoms with Crippen molar-refractivity contribution in [2.45, 2.75) is 19.6 Å². The lowest BCUT2D eigenvalue weighted by Crippen LogP contribution is -2.56. The number of rotatable bonds is 7. The molecule has 0 aliphatic carbocycles. The van der Waals surface area contributed by atoms with Gasteiger partial charge in [-0.3, -0.25) is 19.9 Å². The van der Waals surface area contributed by atoms with Gasteiger partial charge in [0.2, 0.25) is 0 Å². The van der Waals surface area contributed by atoms with Gasteiger partial charge in [0.15, 0.2) is 17.8 Å². The predicted octanol–water partition coefficient (Wildman–Crippen LogP) is 2.35. The number of fused-ring (bicyclic) bond motifs is 1. The van der Waals surface area contributed by atoms with Gasteiger partial charge in [-0.15, -0.1) is 0 Å². The molecule has 2 aliphatic rings. The Labute approximate surface area is 209 Å². The fraction of sp³-hybridized carbons (Fsp3) is 0.360. The quantitative estimate of drug-likeness (QED) is 0.344. The van der Waals surface area contributed by atoms with Gasteiger partial charge in [-0.05, 0) is 31.5 Å². The number of ether oxygens (including phenoxy) is 2. The van der Waals surface area contributed by atoms with Crippen molar-refractivity contribution in [3.63, 3.8) is 0 Å². The molecule has 2 amide bonds. The summed E-state index contributed by atoms with van der Waals surface area (Å²) in [5, 5.41) is 17.4. The van der Waals surface area contributed by atoms with Crippen molar-refractivity contribution in [2.75, 3.05) is 51.1 Å². The molecule has 190 valence electrons. The minimum Gasteiger partial charge on any atom is -0.493 e. The van der Waals surface area contributed by atoms with Gasteiger partial charge in [-0.2, -0.15) is 5.10 Å². The zero-order valence-corrected chi connectivity index (χ0v) is 20.6. The number of benzene rings is 2. The van der Waals surface area contributed by atoms with Crippen LogP contribution >= 0.6 is 0 Å². The molecule has 2 heterocycles. The average Bonchev–Trinajstić information content (AvgIpc) is 3.15. The topological polar surface area (TPSA) is 131 Å². The van der Waals surface area contributed by atoms with Crippen LogP contribution in [0.2, 0.25) is 0 Å². The summed E-state index contributed by atoms with van der Waals surface area (Å²) in [5.74, 6) is 0.741. The molecule has 1 fully saturated rings. The Bertz CT molecular complexity index is 1180. The molecule has 1 saturated heterocycles. The molecule has 11 nitrogen and oxygen atoms in total. The maximum atomic E-state index is 13.4. The molecular formula is C25H31N7O4. The number of anilines is 2. The van der Waals surface area contributed by atoms with E-state index < -0.39 is 6.29 Å². The number of amides is 2. The van der Waals surface area contributed by atoms with E-state index in [4.69, 9.17) is 14.9 Å². The van der Waals surface area contributed by atoms with Crippen LogP contribution in [-0.2, 0) is 0 Å². The Morgan fingerprint density at radius 2 is 1.89 bits per heavy atom. The van der Waals surface area contributed by atoms with Gasteiger partial charge >= 0.3 is 0 Å². The van der Waals surface area contributed by atoms with Gasteiger partial charge in [-0.1, -0.05) is 11.6 Å². The molecule has 0 radical (unpaired) electrons. The van der Waals surface area contributed by atoms with Gasteiger partial charge in [0, 0.05) is 38.5 Å². The molecule has 0 bridgehead atoms. The van der Waals surface area contributed by atoms with E-state index >= 15 is 0 Å². The van der Waals surface area contributed by atoms with E-state index in [-0.39, 0.29) is 11.8 Å². The summed E-state index contributed by atoms with van der Waals surface area (Å²) in [6.07, 6.45) is 2.71. The second kappa shape index (κ2) is 11.1. The second-order valence-corrected chi connectivity index (χ2v) is 8.56. The third kappa shape index (κ3) is 5.25.